The highest BCUT2D eigenvalue weighted by Crippen LogP contribution is 2.11. The Morgan fingerprint density at radius 2 is 2.21 bits per heavy atom. The molecule has 0 aliphatic heterocycles. The van der Waals surface area contributed by atoms with E-state index >= 15 is 0 Å². The van der Waals surface area contributed by atoms with Gasteiger partial charge in [0.15, 0.2) is 0 Å². The summed E-state index contributed by atoms with van der Waals surface area (Å²) >= 11 is 0. The predicted octanol–water partition coefficient (Wildman–Crippen LogP) is 1.66. The van der Waals surface area contributed by atoms with E-state index in [4.69, 9.17) is 16.4 Å². The molecule has 3 N–H and O–H groups in total. The second-order valence-corrected chi connectivity index (χ2v) is 3.49. The Hall–Kier alpha value is -1.26. The Morgan fingerprint density at radius 1 is 1.57 bits per heavy atom. The van der Waals surface area contributed by atoms with Gasteiger partial charge in [0.2, 0.25) is 0 Å². The number of carbonyl (C=O) groups is 1. The van der Waals surface area contributed by atoms with E-state index in [0.29, 0.717) is 13.0 Å². The maximum absolute atomic E-state index is 10.6. The molecule has 0 heterocycles. The fraction of sp³-hybridized carbons (Fsp3) is 0.875. The number of carboxylic acids is 1. The Labute approximate surface area is 82.7 Å². The van der Waals surface area contributed by atoms with Gasteiger partial charge in [0.05, 0.1) is 0 Å². The quantitative estimate of drug-likeness (QED) is 0.282. The topological polar surface area (TPSA) is 112 Å². The highest BCUT2D eigenvalue weighted by atomic mass is 16.4. The van der Waals surface area contributed by atoms with Crippen molar-refractivity contribution in [2.75, 3.05) is 6.54 Å². The van der Waals surface area contributed by atoms with E-state index in [2.05, 4.69) is 10.0 Å². The van der Waals surface area contributed by atoms with Crippen LogP contribution in [-0.4, -0.2) is 23.2 Å². The molecular formula is C8H16N4O2. The molecule has 0 bridgehead atoms. The molecule has 14 heavy (non-hydrogen) atoms. The zero-order valence-electron chi connectivity index (χ0n) is 8.31. The molecule has 80 valence electrons. The third-order valence-corrected chi connectivity index (χ3v) is 2.01. The zero-order chi connectivity index (χ0) is 11.0. The van der Waals surface area contributed by atoms with Gasteiger partial charge < -0.3 is 10.8 Å². The molecule has 0 aromatic rings. The van der Waals surface area contributed by atoms with E-state index in [1.165, 1.54) is 6.92 Å². The minimum absolute atomic E-state index is 0.443. The number of hydrogen-bond acceptors (Lipinski definition) is 3. The van der Waals surface area contributed by atoms with Crippen LogP contribution in [0.4, 0.5) is 0 Å². The van der Waals surface area contributed by atoms with Crippen LogP contribution in [0.5, 0.6) is 0 Å². The third-order valence-electron chi connectivity index (χ3n) is 2.01. The molecule has 0 rings (SSSR count). The molecule has 0 aliphatic rings. The van der Waals surface area contributed by atoms with Crippen molar-refractivity contribution in [1.29, 1.82) is 0 Å². The van der Waals surface area contributed by atoms with Crippen LogP contribution in [0.3, 0.4) is 0 Å². The molecule has 0 aromatic heterocycles. The maximum Gasteiger partial charge on any atom is 0.323 e. The van der Waals surface area contributed by atoms with E-state index in [0.717, 1.165) is 19.3 Å². The fourth-order valence-electron chi connectivity index (χ4n) is 1.00. The normalized spacial score (nSPS) is 14.1. The van der Waals surface area contributed by atoms with Gasteiger partial charge in [-0.1, -0.05) is 18.0 Å². The lowest BCUT2D eigenvalue weighted by Crippen LogP contribution is -2.44. The SMILES string of the molecule is C[C@@](N)(CCCCCN=[N+]=[N-])C(=O)O. The van der Waals surface area contributed by atoms with Crippen LogP contribution in [0.1, 0.15) is 32.6 Å². The average molecular weight is 200 g/mol. The first kappa shape index (κ1) is 12.7. The van der Waals surface area contributed by atoms with Crippen molar-refractivity contribution >= 4 is 5.97 Å². The van der Waals surface area contributed by atoms with E-state index in [1.54, 1.807) is 0 Å². The van der Waals surface area contributed by atoms with Crippen LogP contribution >= 0.6 is 0 Å². The Morgan fingerprint density at radius 3 is 2.71 bits per heavy atom. The molecule has 0 amide bonds. The van der Waals surface area contributed by atoms with Crippen molar-refractivity contribution in [3.8, 4) is 0 Å². The second kappa shape index (κ2) is 6.23. The van der Waals surface area contributed by atoms with Gasteiger partial charge in [-0.3, -0.25) is 4.79 Å². The number of azide groups is 1. The second-order valence-electron chi connectivity index (χ2n) is 3.49. The molecule has 6 heteroatoms. The van der Waals surface area contributed by atoms with Crippen molar-refractivity contribution in [3.63, 3.8) is 0 Å². The van der Waals surface area contributed by atoms with Crippen molar-refractivity contribution in [2.24, 2.45) is 10.8 Å². The smallest absolute Gasteiger partial charge is 0.323 e. The minimum Gasteiger partial charge on any atom is -0.480 e. The van der Waals surface area contributed by atoms with Gasteiger partial charge in [-0.2, -0.15) is 0 Å². The number of nitrogens with zero attached hydrogens (tertiary/aromatic N) is 3. The van der Waals surface area contributed by atoms with Gasteiger partial charge in [-0.05, 0) is 25.3 Å². The van der Waals surface area contributed by atoms with E-state index < -0.39 is 11.5 Å². The van der Waals surface area contributed by atoms with Crippen LogP contribution in [0, 0.1) is 0 Å². The summed E-state index contributed by atoms with van der Waals surface area (Å²) in [6, 6.07) is 0. The number of carboxylic acid groups (broad SMARTS) is 1. The van der Waals surface area contributed by atoms with Crippen LogP contribution in [0.25, 0.3) is 10.4 Å². The van der Waals surface area contributed by atoms with Gasteiger partial charge in [0.1, 0.15) is 5.54 Å². The summed E-state index contributed by atoms with van der Waals surface area (Å²) in [6.07, 6.45) is 2.79. The van der Waals surface area contributed by atoms with Gasteiger partial charge >= 0.3 is 5.97 Å². The molecule has 0 unspecified atom stereocenters. The molecule has 0 aromatic carbocycles. The van der Waals surface area contributed by atoms with Crippen molar-refractivity contribution in [1.82, 2.24) is 0 Å². The predicted molar refractivity (Wildman–Crippen MR) is 52.7 cm³/mol. The summed E-state index contributed by atoms with van der Waals surface area (Å²) in [7, 11) is 0. The molecule has 0 saturated carbocycles. The lowest BCUT2D eigenvalue weighted by molar-refractivity contribution is -0.142. The van der Waals surface area contributed by atoms with Gasteiger partial charge in [-0.25, -0.2) is 0 Å². The number of nitrogens with two attached hydrogens (primary N) is 1. The highest BCUT2D eigenvalue weighted by Gasteiger charge is 2.26. The molecule has 0 radical (unpaired) electrons. The molecule has 0 aliphatic carbocycles. The lowest BCUT2D eigenvalue weighted by Gasteiger charge is -2.18. The van der Waals surface area contributed by atoms with Crippen LogP contribution in [-0.2, 0) is 4.79 Å². The first-order valence-corrected chi connectivity index (χ1v) is 4.54. The first-order chi connectivity index (χ1) is 6.50. The molecule has 0 fully saturated rings. The highest BCUT2D eigenvalue weighted by molar-refractivity contribution is 5.77. The summed E-state index contributed by atoms with van der Waals surface area (Å²) in [5, 5.41) is 12.1. The fourth-order valence-corrected chi connectivity index (χ4v) is 1.00. The summed E-state index contributed by atoms with van der Waals surface area (Å²) in [4.78, 5) is 13.2. The first-order valence-electron chi connectivity index (χ1n) is 4.54. The minimum atomic E-state index is -1.14. The summed E-state index contributed by atoms with van der Waals surface area (Å²) < 4.78 is 0. The molecular weight excluding hydrogens is 184 g/mol. The lowest BCUT2D eigenvalue weighted by atomic mass is 9.96. The Kier molecular flexibility index (Phi) is 5.67. The summed E-state index contributed by atoms with van der Waals surface area (Å²) in [6.45, 7) is 1.97. The zero-order valence-corrected chi connectivity index (χ0v) is 8.31. The number of aliphatic carboxylic acids is 1. The van der Waals surface area contributed by atoms with Crippen molar-refractivity contribution < 1.29 is 9.90 Å². The Bertz CT molecular complexity index is 233. The monoisotopic (exact) mass is 200 g/mol. The molecule has 1 atom stereocenters. The third kappa shape index (κ3) is 5.40. The van der Waals surface area contributed by atoms with Crippen LogP contribution < -0.4 is 5.73 Å². The molecule has 6 nitrogen and oxygen atoms in total. The standard InChI is InChI=1S/C8H16N4O2/c1-8(9,7(13)14)5-3-2-4-6-11-12-10/h2-6,9H2,1H3,(H,13,14)/t8-/m1/s1. The van der Waals surface area contributed by atoms with Crippen molar-refractivity contribution in [3.05, 3.63) is 10.4 Å². The number of unbranched alkanes of at least 4 members (excludes halogenated alkanes) is 2. The molecule has 0 saturated heterocycles. The average Bonchev–Trinajstić information content (AvgIpc) is 2.10. The van der Waals surface area contributed by atoms with Gasteiger partial charge in [-0.15, -0.1) is 0 Å². The van der Waals surface area contributed by atoms with Gasteiger partial charge in [0.25, 0.3) is 0 Å². The van der Waals surface area contributed by atoms with Crippen LogP contribution in [0.15, 0.2) is 5.11 Å². The largest absolute Gasteiger partial charge is 0.480 e. The van der Waals surface area contributed by atoms with E-state index in [-0.39, 0.29) is 0 Å². The van der Waals surface area contributed by atoms with E-state index in [9.17, 15) is 4.79 Å². The summed E-state index contributed by atoms with van der Waals surface area (Å²) in [5.74, 6) is -0.979. The summed E-state index contributed by atoms with van der Waals surface area (Å²) in [5.41, 5.74) is 12.4. The van der Waals surface area contributed by atoms with Gasteiger partial charge in [0, 0.05) is 11.5 Å². The Balaban J connectivity index is 3.54. The maximum atomic E-state index is 10.6. The number of rotatable bonds is 7. The number of hydrogen-bond donors (Lipinski definition) is 2. The van der Waals surface area contributed by atoms with Crippen molar-refractivity contribution in [2.45, 2.75) is 38.1 Å². The molecule has 0 spiro atoms. The van der Waals surface area contributed by atoms with E-state index in [1.807, 2.05) is 0 Å². The van der Waals surface area contributed by atoms with Crippen LogP contribution in [0.2, 0.25) is 0 Å².